The molecule has 1 aromatic heterocycles. The molecule has 1 heterocycles. The lowest BCUT2D eigenvalue weighted by Gasteiger charge is -2.12. The molecule has 3 N–H and O–H groups in total. The molecule has 9 nitrogen and oxygen atoms in total. The van der Waals surface area contributed by atoms with Gasteiger partial charge in [0.2, 0.25) is 10.0 Å². The van der Waals surface area contributed by atoms with E-state index < -0.39 is 10.0 Å². The number of hydrogen-bond donors (Lipinski definition) is 3. The highest BCUT2D eigenvalue weighted by Gasteiger charge is 2.02. The van der Waals surface area contributed by atoms with Crippen molar-refractivity contribution in [1.29, 1.82) is 0 Å². The van der Waals surface area contributed by atoms with Gasteiger partial charge in [0, 0.05) is 32.6 Å². The molecule has 0 unspecified atom stereocenters. The van der Waals surface area contributed by atoms with Gasteiger partial charge in [-0.15, -0.1) is 34.2 Å². The Kier molecular flexibility index (Phi) is 11.1. The summed E-state index contributed by atoms with van der Waals surface area (Å²) < 4.78 is 26.3. The fraction of sp³-hybridized carbons (Fsp3) is 0.750. The Hall–Kier alpha value is -0.950. The monoisotopic (exact) mass is 459 g/mol. The van der Waals surface area contributed by atoms with E-state index in [1.165, 1.54) is 0 Å². The molecular weight excluding hydrogens is 433 g/mol. The zero-order valence-corrected chi connectivity index (χ0v) is 16.9. The number of rotatable bonds is 9. The third-order valence-corrected chi connectivity index (χ3v) is 3.48. The van der Waals surface area contributed by atoms with Crippen LogP contribution in [0.4, 0.5) is 0 Å². The van der Waals surface area contributed by atoms with Crippen molar-refractivity contribution in [2.75, 3.05) is 32.4 Å². The zero-order valence-electron chi connectivity index (χ0n) is 13.7. The van der Waals surface area contributed by atoms with Crippen molar-refractivity contribution >= 4 is 40.0 Å². The number of nitrogens with zero attached hydrogens (tertiary/aromatic N) is 4. The lowest BCUT2D eigenvalue weighted by atomic mass is 10.4. The van der Waals surface area contributed by atoms with Crippen LogP contribution in [0.2, 0.25) is 0 Å². The molecule has 0 aliphatic carbocycles. The molecule has 0 saturated heterocycles. The Morgan fingerprint density at radius 1 is 1.30 bits per heavy atom. The Labute approximate surface area is 154 Å². The molecule has 0 bridgehead atoms. The smallest absolute Gasteiger partial charge is 0.208 e. The second kappa shape index (κ2) is 11.6. The van der Waals surface area contributed by atoms with E-state index in [9.17, 15) is 8.42 Å². The van der Waals surface area contributed by atoms with Crippen LogP contribution in [-0.2, 0) is 23.0 Å². The lowest BCUT2D eigenvalue weighted by molar-refractivity contribution is 0.588. The van der Waals surface area contributed by atoms with Crippen molar-refractivity contribution < 1.29 is 8.42 Å². The first-order valence-electron chi connectivity index (χ1n) is 7.29. The van der Waals surface area contributed by atoms with E-state index in [-0.39, 0.29) is 30.5 Å². The third-order valence-electron chi connectivity index (χ3n) is 2.75. The molecule has 0 amide bonds. The molecule has 0 aromatic carbocycles. The van der Waals surface area contributed by atoms with Crippen LogP contribution in [0.1, 0.15) is 19.7 Å². The highest BCUT2D eigenvalue weighted by Crippen LogP contribution is 1.94. The average Bonchev–Trinajstić information content (AvgIpc) is 2.90. The van der Waals surface area contributed by atoms with Crippen molar-refractivity contribution in [2.24, 2.45) is 4.99 Å². The normalized spacial score (nSPS) is 11.9. The van der Waals surface area contributed by atoms with Gasteiger partial charge in [0.1, 0.15) is 12.2 Å². The Morgan fingerprint density at radius 3 is 2.65 bits per heavy atom. The van der Waals surface area contributed by atoms with Gasteiger partial charge in [-0.2, -0.15) is 0 Å². The van der Waals surface area contributed by atoms with E-state index in [1.807, 2.05) is 18.4 Å². The third kappa shape index (κ3) is 9.71. The molecule has 1 aromatic rings. The number of aryl methyl sites for hydroxylation is 1. The largest absolute Gasteiger partial charge is 0.357 e. The van der Waals surface area contributed by atoms with Gasteiger partial charge in [-0.25, -0.2) is 13.1 Å². The van der Waals surface area contributed by atoms with E-state index in [1.54, 1.807) is 6.33 Å². The van der Waals surface area contributed by atoms with Gasteiger partial charge in [-0.05, 0) is 6.92 Å². The van der Waals surface area contributed by atoms with Crippen LogP contribution < -0.4 is 15.4 Å². The van der Waals surface area contributed by atoms with E-state index in [0.29, 0.717) is 19.0 Å². The molecule has 0 radical (unpaired) electrons. The van der Waals surface area contributed by atoms with Crippen molar-refractivity contribution in [2.45, 2.75) is 26.8 Å². The van der Waals surface area contributed by atoms with E-state index in [2.05, 4.69) is 30.5 Å². The van der Waals surface area contributed by atoms with Gasteiger partial charge in [0.25, 0.3) is 0 Å². The SMILES string of the molecule is CCNC(=NCCNS(C)(=O)=O)NCCn1cnnc1CC.I. The maximum absolute atomic E-state index is 11.0. The van der Waals surface area contributed by atoms with Crippen LogP contribution in [0.3, 0.4) is 0 Å². The summed E-state index contributed by atoms with van der Waals surface area (Å²) in [5.74, 6) is 1.60. The molecule has 0 fully saturated rings. The Balaban J connectivity index is 0.00000484. The Bertz CT molecular complexity index is 574. The van der Waals surface area contributed by atoms with Crippen molar-refractivity contribution in [3.8, 4) is 0 Å². The highest BCUT2D eigenvalue weighted by molar-refractivity contribution is 14.0. The summed E-state index contributed by atoms with van der Waals surface area (Å²) in [4.78, 5) is 4.30. The maximum Gasteiger partial charge on any atom is 0.208 e. The first-order chi connectivity index (χ1) is 10.5. The summed E-state index contributed by atoms with van der Waals surface area (Å²) in [6, 6.07) is 0. The molecule has 0 saturated carbocycles. The van der Waals surface area contributed by atoms with Crippen LogP contribution in [-0.4, -0.2) is 61.6 Å². The highest BCUT2D eigenvalue weighted by atomic mass is 127. The number of halogens is 1. The van der Waals surface area contributed by atoms with E-state index in [4.69, 9.17) is 0 Å². The predicted molar refractivity (Wildman–Crippen MR) is 102 cm³/mol. The molecule has 134 valence electrons. The van der Waals surface area contributed by atoms with Gasteiger partial charge >= 0.3 is 0 Å². The first kappa shape index (κ1) is 22.1. The summed E-state index contributed by atoms with van der Waals surface area (Å²) in [5.41, 5.74) is 0. The number of hydrogen-bond acceptors (Lipinski definition) is 5. The maximum atomic E-state index is 11.0. The van der Waals surface area contributed by atoms with Crippen LogP contribution in [0, 0.1) is 0 Å². The molecule has 0 atom stereocenters. The second-order valence-electron chi connectivity index (χ2n) is 4.65. The summed E-state index contributed by atoms with van der Waals surface area (Å²) in [6.45, 7) is 6.81. The second-order valence-corrected chi connectivity index (χ2v) is 6.48. The predicted octanol–water partition coefficient (Wildman–Crippen LogP) is -0.437. The number of aliphatic imine (C=N–C) groups is 1. The number of sulfonamides is 1. The molecule has 0 spiro atoms. The van der Waals surface area contributed by atoms with Gasteiger partial charge < -0.3 is 15.2 Å². The minimum absolute atomic E-state index is 0. The number of nitrogens with one attached hydrogen (secondary N) is 3. The fourth-order valence-corrected chi connectivity index (χ4v) is 2.24. The summed E-state index contributed by atoms with van der Waals surface area (Å²) >= 11 is 0. The summed E-state index contributed by atoms with van der Waals surface area (Å²) in [7, 11) is -3.17. The molecule has 0 aliphatic heterocycles. The molecule has 1 rings (SSSR count). The van der Waals surface area contributed by atoms with E-state index in [0.717, 1.165) is 31.6 Å². The molecule has 11 heteroatoms. The van der Waals surface area contributed by atoms with Gasteiger partial charge in [-0.3, -0.25) is 4.99 Å². The average molecular weight is 459 g/mol. The minimum atomic E-state index is -3.17. The summed E-state index contributed by atoms with van der Waals surface area (Å²) in [5, 5.41) is 14.2. The quantitative estimate of drug-likeness (QED) is 0.200. The molecular formula is C12H26IN7O2S. The van der Waals surface area contributed by atoms with Gasteiger partial charge in [0.15, 0.2) is 5.96 Å². The van der Waals surface area contributed by atoms with Gasteiger partial charge in [0.05, 0.1) is 12.8 Å². The first-order valence-corrected chi connectivity index (χ1v) is 9.19. The van der Waals surface area contributed by atoms with Crippen molar-refractivity contribution in [3.05, 3.63) is 12.2 Å². The number of guanidine groups is 1. The summed E-state index contributed by atoms with van der Waals surface area (Å²) in [6.07, 6.45) is 3.68. The minimum Gasteiger partial charge on any atom is -0.357 e. The topological polar surface area (TPSA) is 113 Å². The lowest BCUT2D eigenvalue weighted by Crippen LogP contribution is -2.39. The fourth-order valence-electron chi connectivity index (χ4n) is 1.77. The van der Waals surface area contributed by atoms with Crippen LogP contribution in [0.15, 0.2) is 11.3 Å². The standard InChI is InChI=1S/C12H25N7O2S.HI/c1-4-11-18-16-10-19(11)9-8-15-12(13-5-2)14-6-7-17-22(3,20)21;/h10,17H,4-9H2,1-3H3,(H2,13,14,15);1H. The number of aromatic nitrogens is 3. The van der Waals surface area contributed by atoms with Crippen LogP contribution in [0.25, 0.3) is 0 Å². The van der Waals surface area contributed by atoms with Crippen molar-refractivity contribution in [3.63, 3.8) is 0 Å². The Morgan fingerprint density at radius 2 is 2.04 bits per heavy atom. The zero-order chi connectivity index (χ0) is 16.4. The van der Waals surface area contributed by atoms with Crippen molar-refractivity contribution in [1.82, 2.24) is 30.1 Å². The van der Waals surface area contributed by atoms with E-state index >= 15 is 0 Å². The van der Waals surface area contributed by atoms with Gasteiger partial charge in [-0.1, -0.05) is 6.92 Å². The van der Waals surface area contributed by atoms with Crippen LogP contribution >= 0.6 is 24.0 Å². The molecule has 0 aliphatic rings. The molecule has 23 heavy (non-hydrogen) atoms. The van der Waals surface area contributed by atoms with Crippen LogP contribution in [0.5, 0.6) is 0 Å².